The van der Waals surface area contributed by atoms with E-state index in [0.29, 0.717) is 19.2 Å². The Morgan fingerprint density at radius 3 is 2.50 bits per heavy atom. The van der Waals surface area contributed by atoms with Gasteiger partial charge in [0, 0.05) is 36.9 Å². The van der Waals surface area contributed by atoms with Crippen LogP contribution in [0.25, 0.3) is 0 Å². The predicted molar refractivity (Wildman–Crippen MR) is 98.7 cm³/mol. The summed E-state index contributed by atoms with van der Waals surface area (Å²) in [6.07, 6.45) is 4.24. The first-order valence-corrected chi connectivity index (χ1v) is 9.39. The molecule has 1 amide bonds. The summed E-state index contributed by atoms with van der Waals surface area (Å²) in [5.74, 6) is 0.266. The van der Waals surface area contributed by atoms with Crippen LogP contribution in [0.3, 0.4) is 0 Å². The fourth-order valence-electron chi connectivity index (χ4n) is 2.97. The van der Waals surface area contributed by atoms with Crippen LogP contribution < -0.4 is 10.2 Å². The smallest absolute Gasteiger partial charge is 0.463 e. The van der Waals surface area contributed by atoms with Crippen molar-refractivity contribution in [3.8, 4) is 6.01 Å². The van der Waals surface area contributed by atoms with Crippen LogP contribution >= 0.6 is 11.6 Å². The highest BCUT2D eigenvalue weighted by atomic mass is 35.5. The average molecular weight is 382 g/mol. The number of carbonyl (C=O) groups is 1. The Hall–Kier alpha value is -1.38. The van der Waals surface area contributed by atoms with E-state index >= 15 is 0 Å². The second-order valence-corrected chi connectivity index (χ2v) is 8.09. The molecule has 2 aliphatic heterocycles. The summed E-state index contributed by atoms with van der Waals surface area (Å²) in [5.41, 5.74) is -0.0423. The molecule has 142 valence electrons. The van der Waals surface area contributed by atoms with Crippen LogP contribution in [-0.2, 0) is 14.1 Å². The minimum absolute atomic E-state index is 0.0249. The molecule has 0 radical (unpaired) electrons. The molecule has 0 saturated carbocycles. The van der Waals surface area contributed by atoms with Crippen molar-refractivity contribution in [2.45, 2.75) is 45.3 Å². The molecule has 2 fully saturated rings. The monoisotopic (exact) mass is 381 g/mol. The lowest BCUT2D eigenvalue weighted by molar-refractivity contribution is -0.127. The van der Waals surface area contributed by atoms with E-state index in [4.69, 9.17) is 25.6 Å². The zero-order chi connectivity index (χ0) is 18.9. The van der Waals surface area contributed by atoms with E-state index in [-0.39, 0.29) is 17.7 Å². The molecule has 1 aromatic heterocycles. The standard InChI is InChI=1S/C17H25BClN3O4/c1-16(2)17(3,4)26-18(25-16)13-8-20-15(21-9-13)24-11-12-5-6-22(10-12)14(23)7-19/h8-9,12H,5-7,10-11H2,1-4H3. The summed E-state index contributed by atoms with van der Waals surface area (Å²) >= 11 is 5.59. The molecule has 0 aromatic carbocycles. The lowest BCUT2D eigenvalue weighted by Gasteiger charge is -2.32. The van der Waals surface area contributed by atoms with Gasteiger partial charge in [-0.05, 0) is 34.1 Å². The Bertz CT molecular complexity index is 640. The average Bonchev–Trinajstić information content (AvgIpc) is 3.15. The lowest BCUT2D eigenvalue weighted by Crippen LogP contribution is -2.41. The number of halogens is 1. The van der Waals surface area contributed by atoms with E-state index in [2.05, 4.69) is 9.97 Å². The fraction of sp³-hybridized carbons (Fsp3) is 0.706. The van der Waals surface area contributed by atoms with E-state index in [0.717, 1.165) is 18.4 Å². The first kappa shape index (κ1) is 19.4. The molecule has 2 aliphatic rings. The van der Waals surface area contributed by atoms with Gasteiger partial charge in [0.15, 0.2) is 0 Å². The van der Waals surface area contributed by atoms with Gasteiger partial charge in [0.25, 0.3) is 0 Å². The maximum absolute atomic E-state index is 11.6. The SMILES string of the molecule is CC1(C)OB(c2cnc(OCC3CCN(C(=O)CCl)C3)nc2)OC1(C)C. The Morgan fingerprint density at radius 1 is 1.31 bits per heavy atom. The highest BCUT2D eigenvalue weighted by Crippen LogP contribution is 2.36. The van der Waals surface area contributed by atoms with Gasteiger partial charge in [-0.1, -0.05) is 0 Å². The molecule has 26 heavy (non-hydrogen) atoms. The maximum Gasteiger partial charge on any atom is 0.498 e. The molecule has 3 heterocycles. The summed E-state index contributed by atoms with van der Waals surface area (Å²) in [6.45, 7) is 9.88. The quantitative estimate of drug-likeness (QED) is 0.564. The van der Waals surface area contributed by atoms with Gasteiger partial charge in [-0.25, -0.2) is 9.97 Å². The third-order valence-corrected chi connectivity index (χ3v) is 5.60. The molecular formula is C17H25BClN3O4. The third-order valence-electron chi connectivity index (χ3n) is 5.37. The normalized spacial score (nSPS) is 24.1. The minimum Gasteiger partial charge on any atom is -0.463 e. The summed E-state index contributed by atoms with van der Waals surface area (Å²) in [5, 5.41) is 0. The molecular weight excluding hydrogens is 356 g/mol. The molecule has 7 nitrogen and oxygen atoms in total. The van der Waals surface area contributed by atoms with Crippen molar-refractivity contribution in [2.75, 3.05) is 25.6 Å². The summed E-state index contributed by atoms with van der Waals surface area (Å²) < 4.78 is 17.6. The molecule has 2 saturated heterocycles. The van der Waals surface area contributed by atoms with Crippen LogP contribution in [0.2, 0.25) is 0 Å². The van der Waals surface area contributed by atoms with Gasteiger partial charge in [0.2, 0.25) is 5.91 Å². The highest BCUT2D eigenvalue weighted by molar-refractivity contribution is 6.61. The molecule has 1 unspecified atom stereocenters. The Morgan fingerprint density at radius 2 is 1.92 bits per heavy atom. The predicted octanol–water partition coefficient (Wildman–Crippen LogP) is 1.24. The zero-order valence-electron chi connectivity index (χ0n) is 15.7. The topological polar surface area (TPSA) is 73.8 Å². The van der Waals surface area contributed by atoms with Crippen LogP contribution in [0.15, 0.2) is 12.4 Å². The molecule has 0 bridgehead atoms. The van der Waals surface area contributed by atoms with Gasteiger partial charge >= 0.3 is 13.1 Å². The minimum atomic E-state index is -0.487. The Labute approximate surface area is 159 Å². The second kappa shape index (κ2) is 7.33. The van der Waals surface area contributed by atoms with Gasteiger partial charge in [-0.2, -0.15) is 0 Å². The van der Waals surface area contributed by atoms with Gasteiger partial charge in [0.1, 0.15) is 5.88 Å². The number of nitrogens with zero attached hydrogens (tertiary/aromatic N) is 3. The fourth-order valence-corrected chi connectivity index (χ4v) is 3.14. The number of aromatic nitrogens is 2. The second-order valence-electron chi connectivity index (χ2n) is 7.83. The number of likely N-dealkylation sites (tertiary alicyclic amines) is 1. The molecule has 0 N–H and O–H groups in total. The van der Waals surface area contributed by atoms with Crippen LogP contribution in [0.4, 0.5) is 0 Å². The van der Waals surface area contributed by atoms with E-state index < -0.39 is 18.3 Å². The van der Waals surface area contributed by atoms with Gasteiger partial charge in [0.05, 0.1) is 17.8 Å². The molecule has 3 rings (SSSR count). The summed E-state index contributed by atoms with van der Waals surface area (Å²) in [4.78, 5) is 21.9. The van der Waals surface area contributed by atoms with Gasteiger partial charge in [-0.15, -0.1) is 11.6 Å². The zero-order valence-corrected chi connectivity index (χ0v) is 16.5. The largest absolute Gasteiger partial charge is 0.498 e. The van der Waals surface area contributed by atoms with Crippen molar-refractivity contribution >= 4 is 30.1 Å². The van der Waals surface area contributed by atoms with Gasteiger partial charge < -0.3 is 18.9 Å². The van der Waals surface area contributed by atoms with Gasteiger partial charge in [-0.3, -0.25) is 4.79 Å². The maximum atomic E-state index is 11.6. The van der Waals surface area contributed by atoms with Crippen molar-refractivity contribution in [2.24, 2.45) is 5.92 Å². The number of hydrogen-bond acceptors (Lipinski definition) is 6. The number of hydrogen-bond donors (Lipinski definition) is 0. The van der Waals surface area contributed by atoms with Crippen molar-refractivity contribution < 1.29 is 18.8 Å². The number of alkyl halides is 1. The molecule has 9 heteroatoms. The van der Waals surface area contributed by atoms with Crippen LogP contribution in [0.5, 0.6) is 6.01 Å². The van der Waals surface area contributed by atoms with Crippen LogP contribution in [-0.4, -0.2) is 64.7 Å². The number of amides is 1. The summed E-state index contributed by atoms with van der Waals surface area (Å²) in [7, 11) is -0.487. The van der Waals surface area contributed by atoms with Crippen molar-refractivity contribution in [1.82, 2.24) is 14.9 Å². The number of rotatable bonds is 5. The first-order chi connectivity index (χ1) is 12.2. The van der Waals surface area contributed by atoms with E-state index in [9.17, 15) is 4.79 Å². The molecule has 0 spiro atoms. The van der Waals surface area contributed by atoms with E-state index in [1.165, 1.54) is 0 Å². The Kier molecular flexibility index (Phi) is 5.46. The van der Waals surface area contributed by atoms with E-state index in [1.54, 1.807) is 17.3 Å². The van der Waals surface area contributed by atoms with Crippen LogP contribution in [0, 0.1) is 5.92 Å². The van der Waals surface area contributed by atoms with Crippen molar-refractivity contribution in [1.29, 1.82) is 0 Å². The number of ether oxygens (including phenoxy) is 1. The third kappa shape index (κ3) is 3.97. The molecule has 1 aromatic rings. The first-order valence-electron chi connectivity index (χ1n) is 8.86. The van der Waals surface area contributed by atoms with E-state index in [1.807, 2.05) is 27.7 Å². The van der Waals surface area contributed by atoms with Crippen molar-refractivity contribution in [3.05, 3.63) is 12.4 Å². The summed E-state index contributed by atoms with van der Waals surface area (Å²) in [6, 6.07) is 0.312. The Balaban J connectivity index is 1.52. The van der Waals surface area contributed by atoms with Crippen LogP contribution in [0.1, 0.15) is 34.1 Å². The molecule has 1 atom stereocenters. The molecule has 0 aliphatic carbocycles. The highest BCUT2D eigenvalue weighted by Gasteiger charge is 2.52. The van der Waals surface area contributed by atoms with Crippen molar-refractivity contribution in [3.63, 3.8) is 0 Å². The lowest BCUT2D eigenvalue weighted by atomic mass is 9.81. The number of carbonyl (C=O) groups excluding carboxylic acids is 1.